The van der Waals surface area contributed by atoms with Gasteiger partial charge in [0.25, 0.3) is 0 Å². The van der Waals surface area contributed by atoms with E-state index in [1.165, 1.54) is 11.3 Å². The van der Waals surface area contributed by atoms with Gasteiger partial charge < -0.3 is 5.11 Å². The van der Waals surface area contributed by atoms with Gasteiger partial charge in [0.05, 0.1) is 0 Å². The Morgan fingerprint density at radius 1 is 1.38 bits per heavy atom. The quantitative estimate of drug-likeness (QED) is 0.861. The fourth-order valence-electron chi connectivity index (χ4n) is 1.42. The van der Waals surface area contributed by atoms with Crippen LogP contribution in [0, 0.1) is 6.92 Å². The van der Waals surface area contributed by atoms with Crippen LogP contribution in [0.1, 0.15) is 22.1 Å². The largest absolute Gasteiger partial charge is 0.383 e. The highest BCUT2D eigenvalue weighted by atomic mass is 79.9. The Labute approximate surface area is 112 Å². The summed E-state index contributed by atoms with van der Waals surface area (Å²) in [5.74, 6) is 0. The lowest BCUT2D eigenvalue weighted by molar-refractivity contribution is 0.224. The Bertz CT molecular complexity index is 509. The molecule has 1 unspecified atom stereocenters. The molecule has 0 radical (unpaired) electrons. The molecule has 1 N–H and O–H groups in total. The zero-order valence-corrected chi connectivity index (χ0v) is 11.7. The van der Waals surface area contributed by atoms with E-state index in [1.54, 1.807) is 0 Å². The second kappa shape index (κ2) is 4.88. The molecule has 1 aromatic carbocycles. The minimum absolute atomic E-state index is 0.602. The number of halogens is 2. The first kappa shape index (κ1) is 12.1. The smallest absolute Gasteiger partial charge is 0.113 e. The molecule has 1 aromatic heterocycles. The van der Waals surface area contributed by atoms with Crippen LogP contribution in [0.5, 0.6) is 0 Å². The number of aliphatic hydroxyl groups is 1. The van der Waals surface area contributed by atoms with Crippen LogP contribution in [0.25, 0.3) is 0 Å². The first-order chi connectivity index (χ1) is 7.58. The number of aliphatic hydroxyl groups excluding tert-OH is 1. The van der Waals surface area contributed by atoms with Crippen molar-refractivity contribution in [3.8, 4) is 0 Å². The van der Waals surface area contributed by atoms with E-state index < -0.39 is 6.10 Å². The van der Waals surface area contributed by atoms with Crippen LogP contribution < -0.4 is 0 Å². The number of hydrogen-bond donors (Lipinski definition) is 1. The molecule has 0 saturated heterocycles. The lowest BCUT2D eigenvalue weighted by Crippen LogP contribution is -1.97. The molecule has 1 nitrogen and oxygen atoms in total. The molecule has 1 atom stereocenters. The van der Waals surface area contributed by atoms with Gasteiger partial charge in [0.1, 0.15) is 6.10 Å². The number of hydrogen-bond acceptors (Lipinski definition) is 2. The van der Waals surface area contributed by atoms with Crippen molar-refractivity contribution in [2.45, 2.75) is 13.0 Å². The Morgan fingerprint density at radius 3 is 2.69 bits per heavy atom. The maximum atomic E-state index is 10.2. The van der Waals surface area contributed by atoms with E-state index in [1.807, 2.05) is 36.6 Å². The second-order valence-electron chi connectivity index (χ2n) is 3.58. The molecule has 2 aromatic rings. The first-order valence-corrected chi connectivity index (χ1v) is 6.81. The summed E-state index contributed by atoms with van der Waals surface area (Å²) in [6.45, 7) is 1.94. The zero-order valence-electron chi connectivity index (χ0n) is 8.58. The van der Waals surface area contributed by atoms with Gasteiger partial charge in [-0.1, -0.05) is 23.7 Å². The predicted octanol–water partition coefficient (Wildman–Crippen LogP) is 4.55. The Morgan fingerprint density at radius 2 is 2.12 bits per heavy atom. The highest BCUT2D eigenvalue weighted by Crippen LogP contribution is 2.31. The first-order valence-electron chi connectivity index (χ1n) is 4.76. The maximum absolute atomic E-state index is 10.2. The predicted molar refractivity (Wildman–Crippen MR) is 72.3 cm³/mol. The van der Waals surface area contributed by atoms with Crippen molar-refractivity contribution in [1.29, 1.82) is 0 Å². The van der Waals surface area contributed by atoms with Crippen molar-refractivity contribution in [2.24, 2.45) is 0 Å². The van der Waals surface area contributed by atoms with Crippen LogP contribution in [0.3, 0.4) is 0 Å². The van der Waals surface area contributed by atoms with Gasteiger partial charge in [-0.2, -0.15) is 0 Å². The molecule has 0 spiro atoms. The summed E-state index contributed by atoms with van der Waals surface area (Å²) in [7, 11) is 0. The number of thiophene rings is 1. The maximum Gasteiger partial charge on any atom is 0.113 e. The van der Waals surface area contributed by atoms with Gasteiger partial charge in [-0.25, -0.2) is 0 Å². The van der Waals surface area contributed by atoms with Gasteiger partial charge in [0.15, 0.2) is 0 Å². The molecule has 16 heavy (non-hydrogen) atoms. The van der Waals surface area contributed by atoms with Crippen LogP contribution in [-0.2, 0) is 0 Å². The minimum atomic E-state index is -0.602. The number of benzene rings is 1. The topological polar surface area (TPSA) is 20.2 Å². The zero-order chi connectivity index (χ0) is 11.7. The molecule has 0 fully saturated rings. The van der Waals surface area contributed by atoms with Gasteiger partial charge in [-0.3, -0.25) is 0 Å². The fraction of sp³-hybridized carbons (Fsp3) is 0.167. The van der Waals surface area contributed by atoms with E-state index in [-0.39, 0.29) is 0 Å². The lowest BCUT2D eigenvalue weighted by atomic mass is 10.1. The van der Waals surface area contributed by atoms with Crippen molar-refractivity contribution in [3.05, 3.63) is 55.1 Å². The summed E-state index contributed by atoms with van der Waals surface area (Å²) in [6.07, 6.45) is -0.602. The molecular weight excluding hydrogens is 308 g/mol. The Kier molecular flexibility index (Phi) is 3.70. The third-order valence-electron chi connectivity index (χ3n) is 2.37. The van der Waals surface area contributed by atoms with E-state index >= 15 is 0 Å². The van der Waals surface area contributed by atoms with Crippen LogP contribution in [0.15, 0.2) is 34.1 Å². The van der Waals surface area contributed by atoms with Crippen LogP contribution in [0.4, 0.5) is 0 Å². The van der Waals surface area contributed by atoms with E-state index in [0.717, 1.165) is 20.5 Å². The molecule has 1 heterocycles. The standard InChI is InChI=1S/C12H10BrClOS/c1-7-2-3-8(4-10(7)14)12(15)11-5-9(13)6-16-11/h2-6,12,15H,1H3. The van der Waals surface area contributed by atoms with Crippen LogP contribution in [-0.4, -0.2) is 5.11 Å². The molecule has 0 amide bonds. The van der Waals surface area contributed by atoms with Crippen LogP contribution >= 0.6 is 38.9 Å². The highest BCUT2D eigenvalue weighted by Gasteiger charge is 2.13. The van der Waals surface area contributed by atoms with E-state index in [9.17, 15) is 5.11 Å². The summed E-state index contributed by atoms with van der Waals surface area (Å²) in [5.41, 5.74) is 1.84. The van der Waals surface area contributed by atoms with Crippen LogP contribution in [0.2, 0.25) is 5.02 Å². The number of rotatable bonds is 2. The van der Waals surface area contributed by atoms with Gasteiger partial charge in [0.2, 0.25) is 0 Å². The molecule has 0 aliphatic rings. The Hall–Kier alpha value is -0.350. The second-order valence-corrected chi connectivity index (χ2v) is 5.84. The molecule has 2 rings (SSSR count). The monoisotopic (exact) mass is 316 g/mol. The molecule has 4 heteroatoms. The van der Waals surface area contributed by atoms with Gasteiger partial charge in [-0.05, 0) is 46.1 Å². The summed E-state index contributed by atoms with van der Waals surface area (Å²) in [4.78, 5) is 0.909. The third-order valence-corrected chi connectivity index (χ3v) is 4.52. The van der Waals surface area contributed by atoms with Crippen molar-refractivity contribution >= 4 is 38.9 Å². The normalized spacial score (nSPS) is 12.8. The van der Waals surface area contributed by atoms with Crippen molar-refractivity contribution in [2.75, 3.05) is 0 Å². The van der Waals surface area contributed by atoms with E-state index in [0.29, 0.717) is 5.02 Å². The van der Waals surface area contributed by atoms with E-state index in [2.05, 4.69) is 15.9 Å². The van der Waals surface area contributed by atoms with Crippen molar-refractivity contribution in [1.82, 2.24) is 0 Å². The average Bonchev–Trinajstić information content (AvgIpc) is 2.68. The lowest BCUT2D eigenvalue weighted by Gasteiger charge is -2.10. The highest BCUT2D eigenvalue weighted by molar-refractivity contribution is 9.10. The summed E-state index contributed by atoms with van der Waals surface area (Å²) in [5, 5.41) is 12.8. The van der Waals surface area contributed by atoms with Crippen molar-refractivity contribution in [3.63, 3.8) is 0 Å². The summed E-state index contributed by atoms with van der Waals surface area (Å²) >= 11 is 10.9. The summed E-state index contributed by atoms with van der Waals surface area (Å²) < 4.78 is 0.991. The van der Waals surface area contributed by atoms with Gasteiger partial charge in [-0.15, -0.1) is 11.3 Å². The molecular formula is C12H10BrClOS. The molecule has 84 valence electrons. The van der Waals surface area contributed by atoms with Gasteiger partial charge in [0, 0.05) is 19.8 Å². The number of aryl methyl sites for hydroxylation is 1. The molecule has 0 aliphatic heterocycles. The van der Waals surface area contributed by atoms with Crippen molar-refractivity contribution < 1.29 is 5.11 Å². The summed E-state index contributed by atoms with van der Waals surface area (Å²) in [6, 6.07) is 7.56. The fourth-order valence-corrected chi connectivity index (χ4v) is 3.06. The Balaban J connectivity index is 2.33. The molecule has 0 saturated carbocycles. The van der Waals surface area contributed by atoms with Gasteiger partial charge >= 0.3 is 0 Å². The molecule has 0 bridgehead atoms. The minimum Gasteiger partial charge on any atom is -0.383 e. The average molecular weight is 318 g/mol. The molecule has 0 aliphatic carbocycles. The van der Waals surface area contributed by atoms with E-state index in [4.69, 9.17) is 11.6 Å². The SMILES string of the molecule is Cc1ccc(C(O)c2cc(Br)cs2)cc1Cl. The third kappa shape index (κ3) is 2.48.